The third-order valence-electron chi connectivity index (χ3n) is 3.52. The fourth-order valence-corrected chi connectivity index (χ4v) is 3.09. The third kappa shape index (κ3) is 4.59. The molecular weight excluding hydrogens is 316 g/mol. The van der Waals surface area contributed by atoms with Crippen LogP contribution >= 0.6 is 11.8 Å². The van der Waals surface area contributed by atoms with Gasteiger partial charge in [0.1, 0.15) is 5.75 Å². The Hall–Kier alpha value is -2.33. The molecule has 1 heterocycles. The molecule has 0 atom stereocenters. The molecule has 3 nitrogen and oxygen atoms in total. The van der Waals surface area contributed by atoms with E-state index in [9.17, 15) is 0 Å². The van der Waals surface area contributed by atoms with Gasteiger partial charge in [-0.15, -0.1) is 0 Å². The zero-order chi connectivity index (χ0) is 16.8. The van der Waals surface area contributed by atoms with E-state index in [0.717, 1.165) is 34.3 Å². The number of ether oxygens (including phenoxy) is 1. The number of aromatic nitrogens is 2. The highest BCUT2D eigenvalue weighted by Gasteiger charge is 2.07. The summed E-state index contributed by atoms with van der Waals surface area (Å²) < 4.78 is 5.93. The van der Waals surface area contributed by atoms with Crippen LogP contribution in [-0.2, 0) is 12.2 Å². The molecule has 2 aromatic carbocycles. The molecule has 0 aliphatic carbocycles. The van der Waals surface area contributed by atoms with Crippen molar-refractivity contribution in [2.45, 2.75) is 31.2 Å². The van der Waals surface area contributed by atoms with Crippen molar-refractivity contribution in [3.63, 3.8) is 0 Å². The molecule has 4 heteroatoms. The average molecular weight is 336 g/mol. The molecule has 0 aliphatic rings. The third-order valence-corrected chi connectivity index (χ3v) is 4.44. The van der Waals surface area contributed by atoms with E-state index in [1.807, 2.05) is 55.5 Å². The maximum absolute atomic E-state index is 5.93. The topological polar surface area (TPSA) is 35.0 Å². The van der Waals surface area contributed by atoms with E-state index in [1.54, 1.807) is 11.8 Å². The first-order valence-electron chi connectivity index (χ1n) is 8.02. The molecule has 0 saturated heterocycles. The summed E-state index contributed by atoms with van der Waals surface area (Å²) in [7, 11) is 0. The van der Waals surface area contributed by atoms with Crippen molar-refractivity contribution >= 4 is 11.8 Å². The summed E-state index contributed by atoms with van der Waals surface area (Å²) in [5, 5.41) is 0.751. The van der Waals surface area contributed by atoms with Gasteiger partial charge in [0.25, 0.3) is 0 Å². The van der Waals surface area contributed by atoms with E-state index in [1.165, 1.54) is 5.56 Å². The van der Waals surface area contributed by atoms with Crippen molar-refractivity contribution in [2.75, 3.05) is 0 Å². The molecule has 0 spiro atoms. The Morgan fingerprint density at radius 1 is 0.958 bits per heavy atom. The molecule has 24 heavy (non-hydrogen) atoms. The molecular formula is C20H20N2OS. The lowest BCUT2D eigenvalue weighted by atomic mass is 10.2. The summed E-state index contributed by atoms with van der Waals surface area (Å²) in [5.74, 6) is 2.25. The Balaban J connectivity index is 1.77. The van der Waals surface area contributed by atoms with Gasteiger partial charge in [0.2, 0.25) is 5.88 Å². The second-order valence-corrected chi connectivity index (χ2v) is 6.47. The first-order valence-corrected chi connectivity index (χ1v) is 9.00. The quantitative estimate of drug-likeness (QED) is 0.444. The summed E-state index contributed by atoms with van der Waals surface area (Å²) in [6, 6.07) is 20.2. The Bertz CT molecular complexity index is 806. The van der Waals surface area contributed by atoms with Crippen LogP contribution in [0.4, 0.5) is 0 Å². The monoisotopic (exact) mass is 336 g/mol. The first kappa shape index (κ1) is 16.5. The largest absolute Gasteiger partial charge is 0.439 e. The normalized spacial score (nSPS) is 10.6. The number of hydrogen-bond donors (Lipinski definition) is 0. The van der Waals surface area contributed by atoms with Gasteiger partial charge in [-0.05, 0) is 36.6 Å². The zero-order valence-electron chi connectivity index (χ0n) is 13.9. The van der Waals surface area contributed by atoms with E-state index in [2.05, 4.69) is 29.0 Å². The van der Waals surface area contributed by atoms with Crippen molar-refractivity contribution in [1.29, 1.82) is 0 Å². The van der Waals surface area contributed by atoms with E-state index >= 15 is 0 Å². The zero-order valence-corrected chi connectivity index (χ0v) is 14.7. The predicted octanol–water partition coefficient (Wildman–Crippen LogP) is 5.43. The van der Waals surface area contributed by atoms with Gasteiger partial charge in [0, 0.05) is 17.5 Å². The van der Waals surface area contributed by atoms with Crippen LogP contribution in [0.25, 0.3) is 0 Å². The predicted molar refractivity (Wildman–Crippen MR) is 98.7 cm³/mol. The first-order chi connectivity index (χ1) is 11.7. The van der Waals surface area contributed by atoms with Gasteiger partial charge in [0.15, 0.2) is 5.16 Å². The second kappa shape index (κ2) is 7.97. The van der Waals surface area contributed by atoms with Crippen molar-refractivity contribution in [2.24, 2.45) is 0 Å². The smallest absolute Gasteiger partial charge is 0.223 e. The summed E-state index contributed by atoms with van der Waals surface area (Å²) in [6.07, 6.45) is 0.853. The van der Waals surface area contributed by atoms with Crippen LogP contribution in [0.15, 0.2) is 65.8 Å². The van der Waals surface area contributed by atoms with Crippen molar-refractivity contribution in [1.82, 2.24) is 9.97 Å². The molecule has 3 aromatic rings. The highest BCUT2D eigenvalue weighted by atomic mass is 32.2. The molecule has 122 valence electrons. The number of benzene rings is 2. The van der Waals surface area contributed by atoms with Crippen LogP contribution in [-0.4, -0.2) is 9.97 Å². The molecule has 0 bridgehead atoms. The number of thioether (sulfide) groups is 1. The number of aryl methyl sites for hydroxylation is 2. The van der Waals surface area contributed by atoms with Crippen LogP contribution in [0.1, 0.15) is 23.7 Å². The molecule has 0 N–H and O–H groups in total. The molecule has 0 saturated carbocycles. The Kier molecular flexibility index (Phi) is 5.49. The van der Waals surface area contributed by atoms with Gasteiger partial charge in [0.05, 0.1) is 0 Å². The summed E-state index contributed by atoms with van der Waals surface area (Å²) in [5.41, 5.74) is 3.41. The molecule has 0 amide bonds. The van der Waals surface area contributed by atoms with Crippen LogP contribution in [0, 0.1) is 6.92 Å². The van der Waals surface area contributed by atoms with Crippen LogP contribution in [0.5, 0.6) is 11.6 Å². The van der Waals surface area contributed by atoms with Gasteiger partial charge < -0.3 is 4.74 Å². The van der Waals surface area contributed by atoms with Gasteiger partial charge in [-0.25, -0.2) is 4.98 Å². The van der Waals surface area contributed by atoms with Gasteiger partial charge >= 0.3 is 0 Å². The SMILES string of the molecule is CCc1cc(Oc2cccc(C)c2)nc(SCc2ccccc2)n1. The Morgan fingerprint density at radius 3 is 2.54 bits per heavy atom. The Labute approximate surface area is 147 Å². The van der Waals surface area contributed by atoms with Crippen LogP contribution in [0.3, 0.4) is 0 Å². The van der Waals surface area contributed by atoms with Gasteiger partial charge in [-0.1, -0.05) is 61.2 Å². The van der Waals surface area contributed by atoms with Crippen molar-refractivity contribution < 1.29 is 4.74 Å². The standard InChI is InChI=1S/C20H20N2OS/c1-3-17-13-19(23-18-11-7-8-15(2)12-18)22-20(21-17)24-14-16-9-5-4-6-10-16/h4-13H,3,14H2,1-2H3. The van der Waals surface area contributed by atoms with Crippen LogP contribution < -0.4 is 4.74 Å². The van der Waals surface area contributed by atoms with Gasteiger partial charge in [-0.2, -0.15) is 4.98 Å². The summed E-state index contributed by atoms with van der Waals surface area (Å²) in [4.78, 5) is 9.15. The van der Waals surface area contributed by atoms with Crippen LogP contribution in [0.2, 0.25) is 0 Å². The van der Waals surface area contributed by atoms with Gasteiger partial charge in [-0.3, -0.25) is 0 Å². The highest BCUT2D eigenvalue weighted by Crippen LogP contribution is 2.25. The fourth-order valence-electron chi connectivity index (χ4n) is 2.27. The number of rotatable bonds is 6. The molecule has 0 fully saturated rings. The number of nitrogens with zero attached hydrogens (tertiary/aromatic N) is 2. The average Bonchev–Trinajstić information content (AvgIpc) is 2.61. The minimum atomic E-state index is 0.600. The second-order valence-electron chi connectivity index (χ2n) is 5.53. The molecule has 0 unspecified atom stereocenters. The molecule has 1 aromatic heterocycles. The highest BCUT2D eigenvalue weighted by molar-refractivity contribution is 7.98. The maximum atomic E-state index is 5.93. The van der Waals surface area contributed by atoms with E-state index in [-0.39, 0.29) is 0 Å². The lowest BCUT2D eigenvalue weighted by Gasteiger charge is -2.09. The minimum absolute atomic E-state index is 0.600. The molecule has 0 radical (unpaired) electrons. The molecule has 0 aliphatic heterocycles. The summed E-state index contributed by atoms with van der Waals surface area (Å²) in [6.45, 7) is 4.13. The lowest BCUT2D eigenvalue weighted by Crippen LogP contribution is -1.97. The van der Waals surface area contributed by atoms with E-state index < -0.39 is 0 Å². The number of hydrogen-bond acceptors (Lipinski definition) is 4. The van der Waals surface area contributed by atoms with Crippen molar-refractivity contribution in [3.8, 4) is 11.6 Å². The fraction of sp³-hybridized carbons (Fsp3) is 0.200. The van der Waals surface area contributed by atoms with E-state index in [0.29, 0.717) is 5.88 Å². The van der Waals surface area contributed by atoms with Crippen molar-refractivity contribution in [3.05, 3.63) is 77.5 Å². The summed E-state index contributed by atoms with van der Waals surface area (Å²) >= 11 is 1.63. The lowest BCUT2D eigenvalue weighted by molar-refractivity contribution is 0.453. The van der Waals surface area contributed by atoms with E-state index in [4.69, 9.17) is 4.74 Å². The Morgan fingerprint density at radius 2 is 1.79 bits per heavy atom. The minimum Gasteiger partial charge on any atom is -0.439 e. The maximum Gasteiger partial charge on any atom is 0.223 e. The molecule has 3 rings (SSSR count).